The van der Waals surface area contributed by atoms with Crippen molar-refractivity contribution in [3.8, 4) is 17.5 Å². The van der Waals surface area contributed by atoms with Crippen molar-refractivity contribution in [2.75, 3.05) is 32.5 Å². The zero-order chi connectivity index (χ0) is 18.0. The summed E-state index contributed by atoms with van der Waals surface area (Å²) >= 11 is 0. The standard InChI is InChI=1S/C19H24N4O2/c1-19(2)10-13-14(11-20)18(21-7-8-23(3)4)22-17(15(13)12-25-19)16-6-5-9-24-16/h5-6,9H,7-8,10,12H2,1-4H3,(H,21,22)/p+2. The molecule has 3 heterocycles. The van der Waals surface area contributed by atoms with Crippen LogP contribution in [-0.2, 0) is 17.8 Å². The summed E-state index contributed by atoms with van der Waals surface area (Å²) in [6, 6.07) is 6.17. The van der Waals surface area contributed by atoms with Crippen molar-refractivity contribution in [1.29, 1.82) is 5.26 Å². The third-order valence-corrected chi connectivity index (χ3v) is 4.48. The Bertz CT molecular complexity index is 789. The van der Waals surface area contributed by atoms with Gasteiger partial charge in [0, 0.05) is 12.0 Å². The maximum atomic E-state index is 9.80. The van der Waals surface area contributed by atoms with Crippen LogP contribution in [0.3, 0.4) is 0 Å². The topological polar surface area (TPSA) is 76.8 Å². The second-order valence-corrected chi connectivity index (χ2v) is 7.41. The Morgan fingerprint density at radius 1 is 1.36 bits per heavy atom. The first-order valence-electron chi connectivity index (χ1n) is 8.63. The third kappa shape index (κ3) is 3.68. The van der Waals surface area contributed by atoms with E-state index in [1.807, 2.05) is 12.1 Å². The first-order valence-corrected chi connectivity index (χ1v) is 8.63. The molecule has 0 aromatic carbocycles. The predicted octanol–water partition coefficient (Wildman–Crippen LogP) is 1.04. The maximum absolute atomic E-state index is 9.80. The molecule has 1 aliphatic heterocycles. The second kappa shape index (κ2) is 6.87. The van der Waals surface area contributed by atoms with Gasteiger partial charge in [0.25, 0.3) is 5.82 Å². The SMILES string of the molecule is C[NH+](C)CCNc1[nH+]c(-c2ccco2)c2c(c1C#N)CC(C)(C)OC2. The Morgan fingerprint density at radius 2 is 2.16 bits per heavy atom. The summed E-state index contributed by atoms with van der Waals surface area (Å²) in [5.41, 5.74) is 3.33. The molecule has 0 saturated carbocycles. The minimum Gasteiger partial charge on any atom is -0.461 e. The third-order valence-electron chi connectivity index (χ3n) is 4.48. The molecular weight excluding hydrogens is 316 g/mol. The minimum atomic E-state index is -0.286. The van der Waals surface area contributed by atoms with Crippen LogP contribution >= 0.6 is 0 Å². The summed E-state index contributed by atoms with van der Waals surface area (Å²) in [5, 5.41) is 13.2. The van der Waals surface area contributed by atoms with E-state index in [0.29, 0.717) is 18.6 Å². The van der Waals surface area contributed by atoms with Crippen molar-refractivity contribution in [2.24, 2.45) is 0 Å². The Kier molecular flexibility index (Phi) is 4.80. The van der Waals surface area contributed by atoms with Gasteiger partial charge in [0.1, 0.15) is 24.7 Å². The molecule has 0 saturated heterocycles. The van der Waals surface area contributed by atoms with Gasteiger partial charge >= 0.3 is 0 Å². The number of H-pyrrole nitrogens is 1. The smallest absolute Gasteiger partial charge is 0.291 e. The van der Waals surface area contributed by atoms with Gasteiger partial charge in [-0.1, -0.05) is 0 Å². The number of fused-ring (bicyclic) bond motifs is 1. The van der Waals surface area contributed by atoms with Crippen LogP contribution in [0.5, 0.6) is 0 Å². The molecule has 3 rings (SSSR count). The number of hydrogen-bond acceptors (Lipinski definition) is 4. The average molecular weight is 342 g/mol. The van der Waals surface area contributed by atoms with Crippen LogP contribution in [0.2, 0.25) is 0 Å². The fraction of sp³-hybridized carbons (Fsp3) is 0.474. The Morgan fingerprint density at radius 3 is 2.80 bits per heavy atom. The van der Waals surface area contributed by atoms with E-state index in [2.05, 4.69) is 44.3 Å². The molecule has 0 spiro atoms. The maximum Gasteiger partial charge on any atom is 0.291 e. The molecule has 0 unspecified atom stereocenters. The van der Waals surface area contributed by atoms with Crippen molar-refractivity contribution in [1.82, 2.24) is 0 Å². The van der Waals surface area contributed by atoms with Gasteiger partial charge in [0.15, 0.2) is 11.5 Å². The molecule has 6 nitrogen and oxygen atoms in total. The van der Waals surface area contributed by atoms with Crippen molar-refractivity contribution in [3.63, 3.8) is 0 Å². The van der Waals surface area contributed by atoms with Gasteiger partial charge in [-0.15, -0.1) is 0 Å². The Labute approximate surface area is 148 Å². The summed E-state index contributed by atoms with van der Waals surface area (Å²) < 4.78 is 11.6. The highest BCUT2D eigenvalue weighted by atomic mass is 16.5. The number of pyridine rings is 1. The van der Waals surface area contributed by atoms with E-state index in [1.165, 1.54) is 4.90 Å². The first-order chi connectivity index (χ1) is 11.9. The van der Waals surface area contributed by atoms with Gasteiger partial charge < -0.3 is 14.1 Å². The van der Waals surface area contributed by atoms with Crippen LogP contribution in [-0.4, -0.2) is 32.8 Å². The van der Waals surface area contributed by atoms with Crippen LogP contribution in [0.4, 0.5) is 5.82 Å². The quantitative estimate of drug-likeness (QED) is 0.851. The molecule has 2 aromatic heterocycles. The molecule has 0 fully saturated rings. The van der Waals surface area contributed by atoms with E-state index < -0.39 is 0 Å². The number of quaternary nitrogens is 1. The van der Waals surface area contributed by atoms with Crippen LogP contribution in [0, 0.1) is 11.3 Å². The number of hydrogen-bond donors (Lipinski definition) is 2. The molecule has 0 amide bonds. The van der Waals surface area contributed by atoms with Crippen molar-refractivity contribution >= 4 is 5.82 Å². The van der Waals surface area contributed by atoms with Gasteiger partial charge in [0.2, 0.25) is 0 Å². The fourth-order valence-electron chi connectivity index (χ4n) is 3.14. The van der Waals surface area contributed by atoms with Gasteiger partial charge in [0.05, 0.1) is 32.6 Å². The highest BCUT2D eigenvalue weighted by Gasteiger charge is 2.34. The largest absolute Gasteiger partial charge is 0.461 e. The van der Waals surface area contributed by atoms with E-state index >= 15 is 0 Å². The Hall–Kier alpha value is -2.36. The Balaban J connectivity index is 2.09. The number of aromatic nitrogens is 1. The number of nitriles is 1. The molecule has 2 aromatic rings. The average Bonchev–Trinajstić information content (AvgIpc) is 3.07. The molecule has 0 bridgehead atoms. The van der Waals surface area contributed by atoms with E-state index in [4.69, 9.17) is 9.15 Å². The molecule has 1 aliphatic rings. The van der Waals surface area contributed by atoms with Crippen LogP contribution < -0.4 is 15.2 Å². The fourth-order valence-corrected chi connectivity index (χ4v) is 3.14. The molecule has 132 valence electrons. The van der Waals surface area contributed by atoms with Crippen LogP contribution in [0.25, 0.3) is 11.5 Å². The monoisotopic (exact) mass is 342 g/mol. The number of rotatable bonds is 5. The highest BCUT2D eigenvalue weighted by molar-refractivity contribution is 5.64. The number of anilines is 1. The van der Waals surface area contributed by atoms with E-state index in [1.54, 1.807) is 6.26 Å². The van der Waals surface area contributed by atoms with E-state index in [-0.39, 0.29) is 5.60 Å². The molecule has 6 heteroatoms. The number of furan rings is 1. The number of nitrogens with one attached hydrogen (secondary N) is 3. The van der Waals surface area contributed by atoms with Gasteiger partial charge in [-0.05, 0) is 31.5 Å². The number of aromatic amines is 1. The molecule has 0 atom stereocenters. The highest BCUT2D eigenvalue weighted by Crippen LogP contribution is 2.36. The lowest BCUT2D eigenvalue weighted by Gasteiger charge is -2.32. The van der Waals surface area contributed by atoms with Gasteiger partial charge in [-0.25, -0.2) is 4.98 Å². The lowest BCUT2D eigenvalue weighted by atomic mass is 9.87. The van der Waals surface area contributed by atoms with Gasteiger partial charge in [-0.3, -0.25) is 5.32 Å². The van der Waals surface area contributed by atoms with Crippen LogP contribution in [0.1, 0.15) is 30.5 Å². The molecule has 0 aliphatic carbocycles. The summed E-state index contributed by atoms with van der Waals surface area (Å²) in [6.45, 7) is 6.32. The summed E-state index contributed by atoms with van der Waals surface area (Å²) in [7, 11) is 4.22. The zero-order valence-corrected chi connectivity index (χ0v) is 15.3. The van der Waals surface area contributed by atoms with Gasteiger partial charge in [-0.2, -0.15) is 5.26 Å². The van der Waals surface area contributed by atoms with E-state index in [0.717, 1.165) is 41.5 Å². The number of ether oxygens (including phenoxy) is 1. The predicted molar refractivity (Wildman–Crippen MR) is 94.2 cm³/mol. The van der Waals surface area contributed by atoms with Crippen LogP contribution in [0.15, 0.2) is 22.8 Å². The van der Waals surface area contributed by atoms with Crippen molar-refractivity contribution in [3.05, 3.63) is 35.1 Å². The molecular formula is C19H26N4O2+2. The lowest BCUT2D eigenvalue weighted by molar-refractivity contribution is -0.856. The summed E-state index contributed by atoms with van der Waals surface area (Å²) in [4.78, 5) is 4.73. The molecule has 25 heavy (non-hydrogen) atoms. The lowest BCUT2D eigenvalue weighted by Crippen LogP contribution is -3.06. The van der Waals surface area contributed by atoms with Crippen molar-refractivity contribution < 1.29 is 19.0 Å². The first kappa shape index (κ1) is 17.5. The normalized spacial score (nSPS) is 15.7. The zero-order valence-electron chi connectivity index (χ0n) is 15.3. The number of likely N-dealkylation sites (N-methyl/N-ethyl adjacent to an activating group) is 1. The molecule has 0 radical (unpaired) electrons. The summed E-state index contributed by atoms with van der Waals surface area (Å²) in [6.07, 6.45) is 2.35. The second-order valence-electron chi connectivity index (χ2n) is 7.41. The van der Waals surface area contributed by atoms with E-state index in [9.17, 15) is 5.26 Å². The minimum absolute atomic E-state index is 0.286. The molecule has 3 N–H and O–H groups in total. The number of nitrogens with zero attached hydrogens (tertiary/aromatic N) is 1. The van der Waals surface area contributed by atoms with Crippen molar-refractivity contribution in [2.45, 2.75) is 32.5 Å². The summed E-state index contributed by atoms with van der Waals surface area (Å²) in [5.74, 6) is 1.51.